The lowest BCUT2D eigenvalue weighted by molar-refractivity contribution is -0.114. The summed E-state index contributed by atoms with van der Waals surface area (Å²) in [5.41, 5.74) is -0.446. The van der Waals surface area contributed by atoms with Crippen molar-refractivity contribution in [3.63, 3.8) is 0 Å². The van der Waals surface area contributed by atoms with E-state index in [-0.39, 0.29) is 43.0 Å². The van der Waals surface area contributed by atoms with Crippen LogP contribution in [0.15, 0.2) is 17.1 Å². The van der Waals surface area contributed by atoms with Gasteiger partial charge in [0.15, 0.2) is 23.4 Å². The largest absolute Gasteiger partial charge is 0.396 e. The van der Waals surface area contributed by atoms with Gasteiger partial charge in [-0.3, -0.25) is 4.79 Å². The van der Waals surface area contributed by atoms with Crippen LogP contribution < -0.4 is 16.0 Å². The lowest BCUT2D eigenvalue weighted by Gasteiger charge is -2.18. The number of hydrogen-bond donors (Lipinski definition) is 4. The van der Waals surface area contributed by atoms with E-state index in [2.05, 4.69) is 27.9 Å². The number of carbonyl (C=O) groups excluding carboxylic acids is 1. The first kappa shape index (κ1) is 26.4. The van der Waals surface area contributed by atoms with Crippen molar-refractivity contribution in [2.75, 3.05) is 31.6 Å². The highest BCUT2D eigenvalue weighted by Crippen LogP contribution is 2.19. The molecule has 0 aliphatic carbocycles. The van der Waals surface area contributed by atoms with Gasteiger partial charge in [0, 0.05) is 19.7 Å². The number of carbonyl (C=O) groups is 1. The van der Waals surface area contributed by atoms with Crippen LogP contribution in [-0.4, -0.2) is 43.2 Å². The molecule has 0 bridgehead atoms. The molecule has 0 heterocycles. The number of anilines is 1. The number of aliphatic imine (C=N–C) groups is 1. The third-order valence-corrected chi connectivity index (χ3v) is 3.83. The number of aliphatic hydroxyl groups excluding tert-OH is 1. The second kappa shape index (κ2) is 14.4. The zero-order chi connectivity index (χ0) is 20.2. The Labute approximate surface area is 180 Å². The Morgan fingerprint density at radius 3 is 2.46 bits per heavy atom. The first-order chi connectivity index (χ1) is 12.9. The molecule has 0 radical (unpaired) electrons. The van der Waals surface area contributed by atoms with E-state index in [1.54, 1.807) is 0 Å². The highest BCUT2D eigenvalue weighted by Gasteiger charge is 2.15. The van der Waals surface area contributed by atoms with Crippen molar-refractivity contribution in [1.82, 2.24) is 10.6 Å². The Bertz CT molecular complexity index is 642. The molecule has 28 heavy (non-hydrogen) atoms. The molecule has 0 spiro atoms. The molecule has 4 N–H and O–H groups in total. The van der Waals surface area contributed by atoms with E-state index < -0.39 is 29.0 Å². The smallest absolute Gasteiger partial charge is 0.246 e. The van der Waals surface area contributed by atoms with Gasteiger partial charge in [0.1, 0.15) is 6.54 Å². The lowest BCUT2D eigenvalue weighted by Crippen LogP contribution is -2.40. The number of halogens is 4. The van der Waals surface area contributed by atoms with Crippen molar-refractivity contribution in [3.8, 4) is 0 Å². The molecule has 1 rings (SSSR count). The lowest BCUT2D eigenvalue weighted by atomic mass is 10.0. The maximum absolute atomic E-state index is 13.6. The SMILES string of the molecule is CCCC(CCO)CNC(=NCC(=O)Nc1ccc(F)c(F)c1F)NCC.I. The van der Waals surface area contributed by atoms with Crippen LogP contribution in [0.5, 0.6) is 0 Å². The summed E-state index contributed by atoms with van der Waals surface area (Å²) in [6.45, 7) is 4.86. The fourth-order valence-electron chi connectivity index (χ4n) is 2.49. The zero-order valence-electron chi connectivity index (χ0n) is 16.0. The van der Waals surface area contributed by atoms with Crippen molar-refractivity contribution >= 4 is 41.5 Å². The number of amides is 1. The molecule has 0 aromatic heterocycles. The van der Waals surface area contributed by atoms with Gasteiger partial charge in [-0.25, -0.2) is 18.2 Å². The normalized spacial score (nSPS) is 12.1. The summed E-state index contributed by atoms with van der Waals surface area (Å²) in [6, 6.07) is 1.68. The third kappa shape index (κ3) is 9.09. The van der Waals surface area contributed by atoms with Crippen LogP contribution >= 0.6 is 24.0 Å². The summed E-state index contributed by atoms with van der Waals surface area (Å²) in [5, 5.41) is 17.3. The van der Waals surface area contributed by atoms with Gasteiger partial charge >= 0.3 is 0 Å². The van der Waals surface area contributed by atoms with E-state index in [9.17, 15) is 18.0 Å². The second-order valence-electron chi connectivity index (χ2n) is 6.01. The fourth-order valence-corrected chi connectivity index (χ4v) is 2.49. The first-order valence-corrected chi connectivity index (χ1v) is 8.99. The molecule has 160 valence electrons. The third-order valence-electron chi connectivity index (χ3n) is 3.83. The van der Waals surface area contributed by atoms with Crippen LogP contribution in [0.25, 0.3) is 0 Å². The highest BCUT2D eigenvalue weighted by molar-refractivity contribution is 14.0. The van der Waals surface area contributed by atoms with Crippen molar-refractivity contribution < 1.29 is 23.1 Å². The molecule has 0 saturated heterocycles. The molecule has 1 amide bonds. The molecular formula is C18H28F3IN4O2. The number of hydrogen-bond acceptors (Lipinski definition) is 3. The number of benzene rings is 1. The summed E-state index contributed by atoms with van der Waals surface area (Å²) in [4.78, 5) is 16.0. The molecule has 1 aromatic carbocycles. The van der Waals surface area contributed by atoms with Crippen LogP contribution in [-0.2, 0) is 4.79 Å². The highest BCUT2D eigenvalue weighted by atomic mass is 127. The van der Waals surface area contributed by atoms with Crippen molar-refractivity contribution in [2.24, 2.45) is 10.9 Å². The van der Waals surface area contributed by atoms with E-state index in [0.29, 0.717) is 25.5 Å². The minimum Gasteiger partial charge on any atom is -0.396 e. The van der Waals surface area contributed by atoms with Crippen molar-refractivity contribution in [2.45, 2.75) is 33.1 Å². The second-order valence-corrected chi connectivity index (χ2v) is 6.01. The summed E-state index contributed by atoms with van der Waals surface area (Å²) >= 11 is 0. The number of nitrogens with one attached hydrogen (secondary N) is 3. The Hall–Kier alpha value is -1.56. The number of rotatable bonds is 10. The van der Waals surface area contributed by atoms with Gasteiger partial charge < -0.3 is 21.1 Å². The van der Waals surface area contributed by atoms with Crippen molar-refractivity contribution in [1.29, 1.82) is 0 Å². The van der Waals surface area contributed by atoms with Gasteiger partial charge in [0.2, 0.25) is 5.91 Å². The van der Waals surface area contributed by atoms with E-state index in [0.717, 1.165) is 25.0 Å². The summed E-state index contributed by atoms with van der Waals surface area (Å²) < 4.78 is 39.7. The molecule has 1 unspecified atom stereocenters. The minimum absolute atomic E-state index is 0. The fraction of sp³-hybridized carbons (Fsp3) is 0.556. The molecule has 1 aromatic rings. The molecule has 0 aliphatic heterocycles. The molecular weight excluding hydrogens is 488 g/mol. The van der Waals surface area contributed by atoms with Crippen molar-refractivity contribution in [3.05, 3.63) is 29.6 Å². The summed E-state index contributed by atoms with van der Waals surface area (Å²) in [6.07, 6.45) is 2.60. The number of guanidine groups is 1. The molecule has 1 atom stereocenters. The molecule has 0 saturated carbocycles. The van der Waals surface area contributed by atoms with Crippen LogP contribution in [0.2, 0.25) is 0 Å². The average molecular weight is 516 g/mol. The van der Waals surface area contributed by atoms with Gasteiger partial charge in [-0.15, -0.1) is 24.0 Å². The van der Waals surface area contributed by atoms with E-state index >= 15 is 0 Å². The molecule has 10 heteroatoms. The molecule has 0 fully saturated rings. The monoisotopic (exact) mass is 516 g/mol. The van der Waals surface area contributed by atoms with Gasteiger partial charge in [0.05, 0.1) is 5.69 Å². The van der Waals surface area contributed by atoms with Crippen LogP contribution in [0.4, 0.5) is 18.9 Å². The van der Waals surface area contributed by atoms with Gasteiger partial charge in [-0.05, 0) is 37.8 Å². The summed E-state index contributed by atoms with van der Waals surface area (Å²) in [7, 11) is 0. The molecule has 0 aliphatic rings. The standard InChI is InChI=1S/C18H27F3N4O2.HI/c1-3-5-12(8-9-26)10-23-18(22-4-2)24-11-15(27)25-14-7-6-13(19)16(20)17(14)21;/h6-7,12,26H,3-5,8-11H2,1-2H3,(H,25,27)(H2,22,23,24);1H. The maximum atomic E-state index is 13.6. The maximum Gasteiger partial charge on any atom is 0.246 e. The Morgan fingerprint density at radius 1 is 1.14 bits per heavy atom. The molecule has 6 nitrogen and oxygen atoms in total. The van der Waals surface area contributed by atoms with E-state index in [1.165, 1.54) is 0 Å². The van der Waals surface area contributed by atoms with Gasteiger partial charge in [-0.2, -0.15) is 0 Å². The predicted molar refractivity (Wildman–Crippen MR) is 114 cm³/mol. The van der Waals surface area contributed by atoms with Crippen LogP contribution in [0.1, 0.15) is 33.1 Å². The Balaban J connectivity index is 0.00000729. The Morgan fingerprint density at radius 2 is 1.86 bits per heavy atom. The van der Waals surface area contributed by atoms with Crippen LogP contribution in [0.3, 0.4) is 0 Å². The van der Waals surface area contributed by atoms with Gasteiger partial charge in [0.25, 0.3) is 0 Å². The minimum atomic E-state index is -1.64. The predicted octanol–water partition coefficient (Wildman–Crippen LogP) is 3.01. The quantitative estimate of drug-likeness (QED) is 0.167. The average Bonchev–Trinajstić information content (AvgIpc) is 2.64. The number of nitrogens with zero attached hydrogens (tertiary/aromatic N) is 1. The van der Waals surface area contributed by atoms with E-state index in [4.69, 9.17) is 5.11 Å². The Kier molecular flexibility index (Phi) is 13.6. The zero-order valence-corrected chi connectivity index (χ0v) is 18.4. The summed E-state index contributed by atoms with van der Waals surface area (Å²) in [5.74, 6) is -4.42. The van der Waals surface area contributed by atoms with E-state index in [1.807, 2.05) is 6.92 Å². The first-order valence-electron chi connectivity index (χ1n) is 8.99. The topological polar surface area (TPSA) is 85.8 Å². The van der Waals surface area contributed by atoms with Gasteiger partial charge in [-0.1, -0.05) is 13.3 Å². The number of aliphatic hydroxyl groups is 1. The van der Waals surface area contributed by atoms with Crippen LogP contribution in [0, 0.1) is 23.4 Å².